The van der Waals surface area contributed by atoms with Gasteiger partial charge in [0, 0.05) is 37.8 Å². The minimum atomic E-state index is -3.68. The third-order valence-corrected chi connectivity index (χ3v) is 8.37. The molecule has 11 heteroatoms. The number of amides is 1. The molecule has 5 rings (SSSR count). The van der Waals surface area contributed by atoms with E-state index in [4.69, 9.17) is 8.94 Å². The molecule has 0 spiro atoms. The van der Waals surface area contributed by atoms with Crippen molar-refractivity contribution in [3.05, 3.63) is 53.6 Å². The van der Waals surface area contributed by atoms with E-state index in [9.17, 15) is 17.6 Å². The van der Waals surface area contributed by atoms with Gasteiger partial charge in [0.2, 0.25) is 21.7 Å². The lowest BCUT2D eigenvalue weighted by Crippen LogP contribution is -2.39. The second-order valence-corrected chi connectivity index (χ2v) is 10.6. The summed E-state index contributed by atoms with van der Waals surface area (Å²) in [6, 6.07) is 7.15. The molecule has 180 valence electrons. The topological polar surface area (TPSA) is 110 Å². The number of furan rings is 1. The van der Waals surface area contributed by atoms with Crippen LogP contribution in [0.1, 0.15) is 53.8 Å². The molecule has 1 atom stereocenters. The summed E-state index contributed by atoms with van der Waals surface area (Å²) in [7, 11) is -3.68. The quantitative estimate of drug-likeness (QED) is 0.540. The molecule has 1 amide bonds. The summed E-state index contributed by atoms with van der Waals surface area (Å²) in [5, 5.41) is 4.00. The first-order chi connectivity index (χ1) is 16.3. The Balaban J connectivity index is 1.32. The van der Waals surface area contributed by atoms with Gasteiger partial charge in [-0.2, -0.15) is 9.29 Å². The third kappa shape index (κ3) is 4.25. The zero-order chi connectivity index (χ0) is 23.9. The van der Waals surface area contributed by atoms with Crippen LogP contribution in [0.2, 0.25) is 0 Å². The summed E-state index contributed by atoms with van der Waals surface area (Å²) in [5.41, 5.74) is 0.637. The van der Waals surface area contributed by atoms with Crippen LogP contribution in [0.4, 0.5) is 4.39 Å². The fourth-order valence-corrected chi connectivity index (χ4v) is 6.21. The molecule has 3 aromatic rings. The van der Waals surface area contributed by atoms with E-state index in [1.54, 1.807) is 24.0 Å². The molecule has 2 aliphatic rings. The highest BCUT2D eigenvalue weighted by atomic mass is 32.2. The molecule has 2 saturated heterocycles. The van der Waals surface area contributed by atoms with Gasteiger partial charge >= 0.3 is 0 Å². The number of piperidine rings is 1. The van der Waals surface area contributed by atoms with Gasteiger partial charge < -0.3 is 13.8 Å². The number of aromatic nitrogens is 2. The number of sulfonamides is 1. The number of halogens is 1. The maximum absolute atomic E-state index is 13.2. The average Bonchev–Trinajstić information content (AvgIpc) is 3.60. The molecule has 0 aliphatic carbocycles. The minimum absolute atomic E-state index is 0.00783. The number of likely N-dealkylation sites (tertiary alicyclic amines) is 1. The number of hydrogen-bond acceptors (Lipinski definition) is 7. The average molecular weight is 489 g/mol. The number of benzene rings is 1. The van der Waals surface area contributed by atoms with Crippen LogP contribution >= 0.6 is 0 Å². The van der Waals surface area contributed by atoms with E-state index in [1.165, 1.54) is 22.5 Å². The molecule has 1 aromatic carbocycles. The highest BCUT2D eigenvalue weighted by molar-refractivity contribution is 7.89. The van der Waals surface area contributed by atoms with Gasteiger partial charge in [0.15, 0.2) is 5.76 Å². The number of nitrogens with zero attached hydrogens (tertiary/aromatic N) is 4. The Morgan fingerprint density at radius 2 is 1.85 bits per heavy atom. The van der Waals surface area contributed by atoms with Crippen molar-refractivity contribution < 1.29 is 26.5 Å². The number of carbonyl (C=O) groups excluding carboxylic acids is 1. The Bertz CT molecular complexity index is 1300. The summed E-state index contributed by atoms with van der Waals surface area (Å²) in [6.45, 7) is 3.39. The van der Waals surface area contributed by atoms with Gasteiger partial charge in [-0.25, -0.2) is 12.8 Å². The SMILES string of the molecule is Cc1oc(C(=O)N2CCCC(c3nc(-c4ccc(F)cc4)no3)C2)cc1S(=O)(=O)N1CCCC1. The largest absolute Gasteiger partial charge is 0.455 e. The van der Waals surface area contributed by atoms with E-state index < -0.39 is 10.0 Å². The predicted octanol–water partition coefficient (Wildman–Crippen LogP) is 3.58. The Morgan fingerprint density at radius 1 is 1.12 bits per heavy atom. The fraction of sp³-hybridized carbons (Fsp3) is 0.435. The first-order valence-corrected chi connectivity index (χ1v) is 12.8. The van der Waals surface area contributed by atoms with E-state index in [2.05, 4.69) is 10.1 Å². The molecule has 0 bridgehead atoms. The zero-order valence-corrected chi connectivity index (χ0v) is 19.6. The van der Waals surface area contributed by atoms with E-state index in [-0.39, 0.29) is 34.1 Å². The fourth-order valence-electron chi connectivity index (χ4n) is 4.53. The standard InChI is InChI=1S/C23H25FN4O5S/c1-15-20(34(30,31)28-11-2-3-12-28)13-19(32-15)23(29)27-10-4-5-17(14-27)22-25-21(26-33-22)16-6-8-18(24)9-7-16/h6-9,13,17H,2-5,10-12,14H2,1H3. The third-order valence-electron chi connectivity index (χ3n) is 6.37. The van der Waals surface area contributed by atoms with Crippen molar-refractivity contribution in [2.24, 2.45) is 0 Å². The normalized spacial score (nSPS) is 19.6. The van der Waals surface area contributed by atoms with Gasteiger partial charge in [-0.1, -0.05) is 5.16 Å². The molecule has 2 aliphatic heterocycles. The molecule has 1 unspecified atom stereocenters. The van der Waals surface area contributed by atoms with E-state index in [0.29, 0.717) is 43.5 Å². The second kappa shape index (κ2) is 8.95. The number of aryl methyl sites for hydroxylation is 1. The van der Waals surface area contributed by atoms with Crippen LogP contribution in [-0.4, -0.2) is 59.8 Å². The Labute approximate surface area is 196 Å². The van der Waals surface area contributed by atoms with Gasteiger partial charge in [-0.15, -0.1) is 0 Å². The number of hydrogen-bond donors (Lipinski definition) is 0. The molecule has 0 radical (unpaired) electrons. The first-order valence-electron chi connectivity index (χ1n) is 11.3. The second-order valence-electron chi connectivity index (χ2n) is 8.70. The van der Waals surface area contributed by atoms with Crippen molar-refractivity contribution in [1.82, 2.24) is 19.3 Å². The molecular formula is C23H25FN4O5S. The van der Waals surface area contributed by atoms with Crippen LogP contribution in [0.5, 0.6) is 0 Å². The van der Waals surface area contributed by atoms with Gasteiger partial charge in [-0.05, 0) is 56.9 Å². The number of carbonyl (C=O) groups is 1. The van der Waals surface area contributed by atoms with Gasteiger partial charge in [-0.3, -0.25) is 4.79 Å². The van der Waals surface area contributed by atoms with Gasteiger partial charge in [0.05, 0.1) is 5.92 Å². The number of rotatable bonds is 5. The monoisotopic (exact) mass is 488 g/mol. The van der Waals surface area contributed by atoms with Crippen molar-refractivity contribution in [3.8, 4) is 11.4 Å². The Hall–Kier alpha value is -3.05. The molecule has 2 aromatic heterocycles. The maximum Gasteiger partial charge on any atom is 0.289 e. The summed E-state index contributed by atoms with van der Waals surface area (Å²) in [4.78, 5) is 19.3. The highest BCUT2D eigenvalue weighted by Crippen LogP contribution is 2.31. The molecule has 4 heterocycles. The molecule has 34 heavy (non-hydrogen) atoms. The molecule has 0 N–H and O–H groups in total. The lowest BCUT2D eigenvalue weighted by molar-refractivity contribution is 0.0662. The zero-order valence-electron chi connectivity index (χ0n) is 18.7. The van der Waals surface area contributed by atoms with Crippen LogP contribution in [0, 0.1) is 12.7 Å². The highest BCUT2D eigenvalue weighted by Gasteiger charge is 2.34. The van der Waals surface area contributed by atoms with Crippen molar-refractivity contribution in [3.63, 3.8) is 0 Å². The van der Waals surface area contributed by atoms with Gasteiger partial charge in [0.25, 0.3) is 5.91 Å². The molecule has 2 fully saturated rings. The van der Waals surface area contributed by atoms with E-state index >= 15 is 0 Å². The van der Waals surface area contributed by atoms with Crippen LogP contribution < -0.4 is 0 Å². The van der Waals surface area contributed by atoms with Gasteiger partial charge in [0.1, 0.15) is 16.5 Å². The summed E-state index contributed by atoms with van der Waals surface area (Å²) < 4.78 is 51.5. The Morgan fingerprint density at radius 3 is 2.59 bits per heavy atom. The van der Waals surface area contributed by atoms with E-state index in [0.717, 1.165) is 25.7 Å². The lowest BCUT2D eigenvalue weighted by atomic mass is 9.97. The predicted molar refractivity (Wildman–Crippen MR) is 119 cm³/mol. The van der Waals surface area contributed by atoms with Crippen molar-refractivity contribution in [2.45, 2.75) is 43.4 Å². The van der Waals surface area contributed by atoms with Crippen molar-refractivity contribution in [2.75, 3.05) is 26.2 Å². The summed E-state index contributed by atoms with van der Waals surface area (Å²) in [6.07, 6.45) is 3.15. The molecular weight excluding hydrogens is 463 g/mol. The minimum Gasteiger partial charge on any atom is -0.455 e. The lowest BCUT2D eigenvalue weighted by Gasteiger charge is -2.30. The van der Waals surface area contributed by atoms with E-state index in [1.807, 2.05) is 0 Å². The molecule has 0 saturated carbocycles. The van der Waals surface area contributed by atoms with Crippen LogP contribution in [0.3, 0.4) is 0 Å². The smallest absolute Gasteiger partial charge is 0.289 e. The van der Waals surface area contributed by atoms with Crippen LogP contribution in [0.25, 0.3) is 11.4 Å². The van der Waals surface area contributed by atoms with Crippen LogP contribution in [0.15, 0.2) is 44.2 Å². The van der Waals surface area contributed by atoms with Crippen LogP contribution in [-0.2, 0) is 10.0 Å². The molecule has 9 nitrogen and oxygen atoms in total. The Kier molecular flexibility index (Phi) is 5.98. The maximum atomic E-state index is 13.2. The first kappa shape index (κ1) is 22.7. The summed E-state index contributed by atoms with van der Waals surface area (Å²) >= 11 is 0. The van der Waals surface area contributed by atoms with Crippen molar-refractivity contribution >= 4 is 15.9 Å². The van der Waals surface area contributed by atoms with Crippen molar-refractivity contribution in [1.29, 1.82) is 0 Å². The summed E-state index contributed by atoms with van der Waals surface area (Å²) in [5.74, 6) is 0.107.